The van der Waals surface area contributed by atoms with Gasteiger partial charge in [0, 0.05) is 18.0 Å². The molecule has 0 bridgehead atoms. The molecule has 1 aromatic carbocycles. The van der Waals surface area contributed by atoms with Gasteiger partial charge in [-0.3, -0.25) is 4.79 Å². The Morgan fingerprint density at radius 2 is 2.29 bits per heavy atom. The van der Waals surface area contributed by atoms with E-state index in [0.717, 1.165) is 37.1 Å². The first-order chi connectivity index (χ1) is 10.1. The third-order valence-corrected chi connectivity index (χ3v) is 4.32. The molecule has 2 aromatic rings. The Balaban J connectivity index is 1.73. The van der Waals surface area contributed by atoms with E-state index in [4.69, 9.17) is 4.52 Å². The second-order valence-corrected chi connectivity index (χ2v) is 5.80. The fourth-order valence-corrected chi connectivity index (χ4v) is 3.10. The minimum atomic E-state index is -0.195. The summed E-state index contributed by atoms with van der Waals surface area (Å²) >= 11 is 0. The number of hydrogen-bond acceptors (Lipinski definition) is 3. The van der Waals surface area contributed by atoms with Crippen molar-refractivity contribution < 1.29 is 8.91 Å². The van der Waals surface area contributed by atoms with E-state index in [1.807, 2.05) is 6.07 Å². The zero-order chi connectivity index (χ0) is 14.8. The summed E-state index contributed by atoms with van der Waals surface area (Å²) in [4.78, 5) is 13.5. The molecule has 21 heavy (non-hydrogen) atoms. The Morgan fingerprint density at radius 1 is 1.43 bits per heavy atom. The van der Waals surface area contributed by atoms with Gasteiger partial charge in [0.1, 0.15) is 11.6 Å². The van der Waals surface area contributed by atoms with Crippen molar-refractivity contribution in [1.29, 1.82) is 0 Å². The molecular formula is C16H19FN2O2. The molecule has 1 aliphatic rings. The zero-order valence-corrected chi connectivity index (χ0v) is 12.0. The molecule has 1 fully saturated rings. The summed E-state index contributed by atoms with van der Waals surface area (Å²) in [6, 6.07) is 8.62. The molecule has 4 nitrogen and oxygen atoms in total. The van der Waals surface area contributed by atoms with Gasteiger partial charge in [-0.05, 0) is 50.6 Å². The van der Waals surface area contributed by atoms with Crippen LogP contribution in [-0.2, 0) is 6.42 Å². The molecule has 0 saturated carbocycles. The molecule has 0 spiro atoms. The molecule has 1 aliphatic heterocycles. The predicted molar refractivity (Wildman–Crippen MR) is 77.8 cm³/mol. The Bertz CT molecular complexity index is 664. The number of rotatable bonds is 3. The highest BCUT2D eigenvalue weighted by Gasteiger charge is 2.29. The number of nitrogens with zero attached hydrogens (tertiary/aromatic N) is 1. The molecule has 5 heteroatoms. The second-order valence-electron chi connectivity index (χ2n) is 5.80. The van der Waals surface area contributed by atoms with E-state index >= 15 is 0 Å². The SMILES string of the molecule is CN1CCC(c2cc(=O)[nH]o2)CC1Cc1cccc(F)c1. The van der Waals surface area contributed by atoms with E-state index in [9.17, 15) is 9.18 Å². The van der Waals surface area contributed by atoms with E-state index in [1.165, 1.54) is 12.1 Å². The number of halogens is 1. The van der Waals surface area contributed by atoms with Gasteiger partial charge in [0.2, 0.25) is 0 Å². The van der Waals surface area contributed by atoms with Crippen LogP contribution < -0.4 is 5.56 Å². The summed E-state index contributed by atoms with van der Waals surface area (Å²) < 4.78 is 18.5. The first-order valence-electron chi connectivity index (χ1n) is 7.25. The van der Waals surface area contributed by atoms with E-state index in [2.05, 4.69) is 17.1 Å². The molecule has 0 radical (unpaired) electrons. The van der Waals surface area contributed by atoms with Crippen molar-refractivity contribution in [3.05, 3.63) is 57.8 Å². The number of aromatic amines is 1. The van der Waals surface area contributed by atoms with E-state index in [1.54, 1.807) is 12.1 Å². The molecular weight excluding hydrogens is 271 g/mol. The molecule has 3 rings (SSSR count). The van der Waals surface area contributed by atoms with E-state index < -0.39 is 0 Å². The molecule has 2 heterocycles. The minimum Gasteiger partial charge on any atom is -0.383 e. The van der Waals surface area contributed by atoms with Gasteiger partial charge in [-0.15, -0.1) is 0 Å². The lowest BCUT2D eigenvalue weighted by molar-refractivity contribution is 0.155. The van der Waals surface area contributed by atoms with Crippen LogP contribution in [0.5, 0.6) is 0 Å². The van der Waals surface area contributed by atoms with Gasteiger partial charge in [0.05, 0.1) is 0 Å². The summed E-state index contributed by atoms with van der Waals surface area (Å²) in [5.74, 6) is 0.787. The number of likely N-dealkylation sites (N-methyl/N-ethyl adjacent to an activating group) is 1. The zero-order valence-electron chi connectivity index (χ0n) is 12.0. The van der Waals surface area contributed by atoms with Crippen LogP contribution in [0.1, 0.15) is 30.1 Å². The molecule has 1 aromatic heterocycles. The molecule has 0 amide bonds. The summed E-state index contributed by atoms with van der Waals surface area (Å²) in [5.41, 5.74) is 0.814. The molecule has 1 saturated heterocycles. The van der Waals surface area contributed by atoms with Gasteiger partial charge in [0.25, 0.3) is 5.56 Å². The van der Waals surface area contributed by atoms with Crippen LogP contribution in [0.3, 0.4) is 0 Å². The molecule has 1 N–H and O–H groups in total. The highest BCUT2D eigenvalue weighted by molar-refractivity contribution is 5.18. The van der Waals surface area contributed by atoms with Crippen LogP contribution in [-0.4, -0.2) is 29.7 Å². The van der Waals surface area contributed by atoms with Crippen LogP contribution in [0, 0.1) is 5.82 Å². The van der Waals surface area contributed by atoms with Crippen LogP contribution >= 0.6 is 0 Å². The third-order valence-electron chi connectivity index (χ3n) is 4.32. The maximum Gasteiger partial charge on any atom is 0.280 e. The predicted octanol–water partition coefficient (Wildman–Crippen LogP) is 2.53. The van der Waals surface area contributed by atoms with Crippen LogP contribution in [0.15, 0.2) is 39.6 Å². The third kappa shape index (κ3) is 3.24. The average Bonchev–Trinajstić information content (AvgIpc) is 2.88. The summed E-state index contributed by atoms with van der Waals surface area (Å²) in [6.07, 6.45) is 2.68. The molecule has 2 unspecified atom stereocenters. The summed E-state index contributed by atoms with van der Waals surface area (Å²) in [5, 5.41) is 2.36. The number of likely N-dealkylation sites (tertiary alicyclic amines) is 1. The number of hydrogen-bond donors (Lipinski definition) is 1. The standard InChI is InChI=1S/C16H19FN2O2/c1-19-6-5-12(15-10-16(20)18-21-15)9-14(19)8-11-3-2-4-13(17)7-11/h2-4,7,10,12,14H,5-6,8-9H2,1H3,(H,18,20). The van der Waals surface area contributed by atoms with Crippen LogP contribution in [0.25, 0.3) is 0 Å². The highest BCUT2D eigenvalue weighted by atomic mass is 19.1. The topological polar surface area (TPSA) is 49.2 Å². The first-order valence-corrected chi connectivity index (χ1v) is 7.25. The second kappa shape index (κ2) is 5.85. The fourth-order valence-electron chi connectivity index (χ4n) is 3.10. The van der Waals surface area contributed by atoms with Crippen molar-refractivity contribution in [3.63, 3.8) is 0 Å². The van der Waals surface area contributed by atoms with Gasteiger partial charge in [0.15, 0.2) is 0 Å². The van der Waals surface area contributed by atoms with Gasteiger partial charge in [-0.2, -0.15) is 5.16 Å². The summed E-state index contributed by atoms with van der Waals surface area (Å²) in [6.45, 7) is 0.944. The largest absolute Gasteiger partial charge is 0.383 e. The van der Waals surface area contributed by atoms with Crippen molar-refractivity contribution in [1.82, 2.24) is 10.1 Å². The smallest absolute Gasteiger partial charge is 0.280 e. The fraction of sp³-hybridized carbons (Fsp3) is 0.438. The Morgan fingerprint density at radius 3 is 3.00 bits per heavy atom. The lowest BCUT2D eigenvalue weighted by atomic mass is 9.86. The normalized spacial score (nSPS) is 23.3. The monoisotopic (exact) mass is 290 g/mol. The van der Waals surface area contributed by atoms with Crippen molar-refractivity contribution in [2.24, 2.45) is 0 Å². The van der Waals surface area contributed by atoms with Crippen LogP contribution in [0.4, 0.5) is 4.39 Å². The lowest BCUT2D eigenvalue weighted by Crippen LogP contribution is -2.40. The lowest BCUT2D eigenvalue weighted by Gasteiger charge is -2.36. The quantitative estimate of drug-likeness (QED) is 0.945. The Hall–Kier alpha value is -1.88. The maximum atomic E-state index is 13.3. The van der Waals surface area contributed by atoms with Crippen molar-refractivity contribution >= 4 is 0 Å². The summed E-state index contributed by atoms with van der Waals surface area (Å²) in [7, 11) is 2.09. The van der Waals surface area contributed by atoms with Gasteiger partial charge in [-0.1, -0.05) is 12.1 Å². The van der Waals surface area contributed by atoms with Gasteiger partial charge >= 0.3 is 0 Å². The van der Waals surface area contributed by atoms with E-state index in [0.29, 0.717) is 6.04 Å². The molecule has 0 aliphatic carbocycles. The number of benzene rings is 1. The van der Waals surface area contributed by atoms with E-state index in [-0.39, 0.29) is 17.3 Å². The highest BCUT2D eigenvalue weighted by Crippen LogP contribution is 2.31. The van der Waals surface area contributed by atoms with Gasteiger partial charge < -0.3 is 9.42 Å². The number of nitrogens with one attached hydrogen (secondary N) is 1. The van der Waals surface area contributed by atoms with Crippen molar-refractivity contribution in [3.8, 4) is 0 Å². The van der Waals surface area contributed by atoms with Crippen LogP contribution in [0.2, 0.25) is 0 Å². The maximum absolute atomic E-state index is 13.3. The number of piperidine rings is 1. The molecule has 112 valence electrons. The van der Waals surface area contributed by atoms with Gasteiger partial charge in [-0.25, -0.2) is 4.39 Å². The van der Waals surface area contributed by atoms with Crippen molar-refractivity contribution in [2.75, 3.05) is 13.6 Å². The Kier molecular flexibility index (Phi) is 3.92. The average molecular weight is 290 g/mol. The molecule has 2 atom stereocenters. The number of aromatic nitrogens is 1. The number of H-pyrrole nitrogens is 1. The first kappa shape index (κ1) is 14.1. The minimum absolute atomic E-state index is 0.189. The Labute approximate surface area is 122 Å². The van der Waals surface area contributed by atoms with Crippen molar-refractivity contribution in [2.45, 2.75) is 31.2 Å².